The lowest BCUT2D eigenvalue weighted by atomic mass is 10.1. The molecular formula is C15H11Cl2N5O2. The van der Waals surface area contributed by atoms with E-state index in [4.69, 9.17) is 27.7 Å². The summed E-state index contributed by atoms with van der Waals surface area (Å²) in [5.74, 6) is 0.625. The lowest BCUT2D eigenvalue weighted by Gasteiger charge is -2.14. The summed E-state index contributed by atoms with van der Waals surface area (Å²) in [5, 5.41) is 4.31. The molecule has 0 saturated carbocycles. The molecule has 1 amide bonds. The van der Waals surface area contributed by atoms with Crippen LogP contribution in [-0.2, 0) is 12.4 Å². The molecule has 0 bridgehead atoms. The van der Waals surface area contributed by atoms with Gasteiger partial charge in [-0.3, -0.25) is 9.36 Å². The van der Waals surface area contributed by atoms with Crippen LogP contribution >= 0.6 is 23.2 Å². The standard InChI is InChI=1S/C15H11Cl2N5O2/c1-21-6-10-13(14-19-11(5-16)24-20-14)18-7-22(10)9-4-2-3-8(17)12(9)15(21)23/h2-4,7H,5-6H2,1H3. The van der Waals surface area contributed by atoms with E-state index in [1.807, 2.05) is 10.6 Å². The van der Waals surface area contributed by atoms with Crippen LogP contribution in [0.5, 0.6) is 0 Å². The smallest absolute Gasteiger partial charge is 0.257 e. The quantitative estimate of drug-likeness (QED) is 0.654. The molecule has 4 rings (SSSR count). The predicted octanol–water partition coefficient (Wildman–Crippen LogP) is 2.90. The third kappa shape index (κ3) is 2.20. The molecule has 2 aromatic heterocycles. The molecule has 1 aliphatic heterocycles. The van der Waals surface area contributed by atoms with Gasteiger partial charge in [-0.05, 0) is 12.1 Å². The highest BCUT2D eigenvalue weighted by molar-refractivity contribution is 6.34. The number of imidazole rings is 1. The Labute approximate surface area is 146 Å². The topological polar surface area (TPSA) is 77.1 Å². The second-order valence-electron chi connectivity index (χ2n) is 5.35. The number of aromatic nitrogens is 4. The molecule has 0 saturated heterocycles. The lowest BCUT2D eigenvalue weighted by Crippen LogP contribution is -2.25. The van der Waals surface area contributed by atoms with Crippen molar-refractivity contribution in [2.75, 3.05) is 7.05 Å². The zero-order valence-electron chi connectivity index (χ0n) is 12.5. The Morgan fingerprint density at radius 3 is 2.96 bits per heavy atom. The normalized spacial score (nSPS) is 13.6. The van der Waals surface area contributed by atoms with Gasteiger partial charge in [0.25, 0.3) is 5.91 Å². The van der Waals surface area contributed by atoms with Crippen LogP contribution in [0.1, 0.15) is 21.9 Å². The number of halogens is 2. The molecule has 0 N–H and O–H groups in total. The number of nitrogens with zero attached hydrogens (tertiary/aromatic N) is 5. The average molecular weight is 364 g/mol. The molecule has 0 radical (unpaired) electrons. The van der Waals surface area contributed by atoms with Crippen LogP contribution in [0.4, 0.5) is 0 Å². The molecule has 0 aliphatic carbocycles. The van der Waals surface area contributed by atoms with Gasteiger partial charge in [-0.2, -0.15) is 4.98 Å². The largest absolute Gasteiger partial charge is 0.338 e. The van der Waals surface area contributed by atoms with Gasteiger partial charge in [-0.1, -0.05) is 22.8 Å². The fourth-order valence-corrected chi connectivity index (χ4v) is 3.10. The highest BCUT2D eigenvalue weighted by Crippen LogP contribution is 2.32. The van der Waals surface area contributed by atoms with E-state index in [-0.39, 0.29) is 11.8 Å². The number of hydrogen-bond acceptors (Lipinski definition) is 5. The summed E-state index contributed by atoms with van der Waals surface area (Å²) in [4.78, 5) is 22.9. The highest BCUT2D eigenvalue weighted by Gasteiger charge is 2.29. The van der Waals surface area contributed by atoms with Crippen molar-refractivity contribution in [3.05, 3.63) is 46.7 Å². The summed E-state index contributed by atoms with van der Waals surface area (Å²) in [6.45, 7) is 0.337. The Kier molecular flexibility index (Phi) is 3.54. The van der Waals surface area contributed by atoms with Crippen molar-refractivity contribution in [1.82, 2.24) is 24.6 Å². The summed E-state index contributed by atoms with van der Waals surface area (Å²) >= 11 is 12.0. The molecule has 1 aromatic carbocycles. The van der Waals surface area contributed by atoms with E-state index in [2.05, 4.69) is 15.1 Å². The minimum Gasteiger partial charge on any atom is -0.338 e. The van der Waals surface area contributed by atoms with Gasteiger partial charge in [-0.15, -0.1) is 11.6 Å². The highest BCUT2D eigenvalue weighted by atomic mass is 35.5. The Hall–Kier alpha value is -2.38. The van der Waals surface area contributed by atoms with Crippen molar-refractivity contribution in [3.8, 4) is 17.2 Å². The summed E-state index contributed by atoms with van der Waals surface area (Å²) in [6, 6.07) is 5.32. The average Bonchev–Trinajstić information content (AvgIpc) is 3.18. The minimum absolute atomic E-state index is 0.125. The first-order chi connectivity index (χ1) is 11.6. The second-order valence-corrected chi connectivity index (χ2v) is 6.02. The van der Waals surface area contributed by atoms with Crippen LogP contribution in [-0.4, -0.2) is 37.5 Å². The number of amides is 1. The van der Waals surface area contributed by atoms with E-state index in [0.717, 1.165) is 5.69 Å². The monoisotopic (exact) mass is 363 g/mol. The van der Waals surface area contributed by atoms with Crippen LogP contribution < -0.4 is 0 Å². The van der Waals surface area contributed by atoms with E-state index >= 15 is 0 Å². The van der Waals surface area contributed by atoms with Crippen LogP contribution in [0.3, 0.4) is 0 Å². The van der Waals surface area contributed by atoms with Crippen molar-refractivity contribution in [2.24, 2.45) is 0 Å². The first-order valence-electron chi connectivity index (χ1n) is 7.09. The third-order valence-electron chi connectivity index (χ3n) is 3.86. The van der Waals surface area contributed by atoms with Gasteiger partial charge in [0.1, 0.15) is 17.9 Å². The van der Waals surface area contributed by atoms with Gasteiger partial charge in [0.2, 0.25) is 11.7 Å². The van der Waals surface area contributed by atoms with Gasteiger partial charge in [0, 0.05) is 7.05 Å². The number of benzene rings is 1. The zero-order valence-corrected chi connectivity index (χ0v) is 14.0. The molecule has 7 nitrogen and oxygen atoms in total. The van der Waals surface area contributed by atoms with Crippen molar-refractivity contribution in [1.29, 1.82) is 0 Å². The molecule has 3 aromatic rings. The molecular weight excluding hydrogens is 353 g/mol. The SMILES string of the molecule is CN1Cc2c(-c3noc(CCl)n3)ncn2-c2cccc(Cl)c2C1=O. The summed E-state index contributed by atoms with van der Waals surface area (Å²) in [6.07, 6.45) is 1.63. The maximum atomic E-state index is 12.7. The van der Waals surface area contributed by atoms with Gasteiger partial charge < -0.3 is 9.42 Å². The number of hydrogen-bond donors (Lipinski definition) is 0. The Bertz CT molecular complexity index is 949. The lowest BCUT2D eigenvalue weighted by molar-refractivity contribution is 0.0788. The molecule has 24 heavy (non-hydrogen) atoms. The van der Waals surface area contributed by atoms with E-state index < -0.39 is 0 Å². The second kappa shape index (κ2) is 5.61. The van der Waals surface area contributed by atoms with Gasteiger partial charge >= 0.3 is 0 Å². The summed E-state index contributed by atoms with van der Waals surface area (Å²) in [7, 11) is 1.71. The van der Waals surface area contributed by atoms with Crippen LogP contribution in [0, 0.1) is 0 Å². The van der Waals surface area contributed by atoms with E-state index in [1.54, 1.807) is 30.4 Å². The van der Waals surface area contributed by atoms with Gasteiger partial charge in [0.05, 0.1) is 28.5 Å². The third-order valence-corrected chi connectivity index (χ3v) is 4.40. The molecule has 0 atom stereocenters. The van der Waals surface area contributed by atoms with Crippen LogP contribution in [0.2, 0.25) is 5.02 Å². The number of alkyl halides is 1. The van der Waals surface area contributed by atoms with Crippen LogP contribution in [0.25, 0.3) is 17.2 Å². The van der Waals surface area contributed by atoms with Gasteiger partial charge in [-0.25, -0.2) is 4.98 Å². The van der Waals surface area contributed by atoms with E-state index in [0.29, 0.717) is 40.2 Å². The fraction of sp³-hybridized carbons (Fsp3) is 0.200. The maximum absolute atomic E-state index is 12.7. The Morgan fingerprint density at radius 2 is 2.21 bits per heavy atom. The summed E-state index contributed by atoms with van der Waals surface area (Å²) < 4.78 is 6.88. The molecule has 0 unspecified atom stereocenters. The minimum atomic E-state index is -0.153. The zero-order chi connectivity index (χ0) is 16.8. The van der Waals surface area contributed by atoms with Crippen LogP contribution in [0.15, 0.2) is 29.0 Å². The van der Waals surface area contributed by atoms with Gasteiger partial charge in [0.15, 0.2) is 0 Å². The molecule has 122 valence electrons. The molecule has 3 heterocycles. The van der Waals surface area contributed by atoms with Crippen molar-refractivity contribution >= 4 is 29.1 Å². The molecule has 0 fully saturated rings. The van der Waals surface area contributed by atoms with E-state index in [9.17, 15) is 4.79 Å². The molecule has 0 spiro atoms. The van der Waals surface area contributed by atoms with Crippen molar-refractivity contribution in [3.63, 3.8) is 0 Å². The fourth-order valence-electron chi connectivity index (χ4n) is 2.74. The first kappa shape index (κ1) is 15.2. The van der Waals surface area contributed by atoms with E-state index in [1.165, 1.54) is 0 Å². The number of fused-ring (bicyclic) bond motifs is 3. The number of rotatable bonds is 2. The van der Waals surface area contributed by atoms with Crippen molar-refractivity contribution in [2.45, 2.75) is 12.4 Å². The summed E-state index contributed by atoms with van der Waals surface area (Å²) in [5.41, 5.74) is 2.43. The Balaban J connectivity index is 1.94. The Morgan fingerprint density at radius 1 is 1.38 bits per heavy atom. The maximum Gasteiger partial charge on any atom is 0.257 e. The van der Waals surface area contributed by atoms with Crippen molar-refractivity contribution < 1.29 is 9.32 Å². The number of carbonyl (C=O) groups is 1. The molecule has 9 heteroatoms. The number of carbonyl (C=O) groups excluding carboxylic acids is 1. The first-order valence-corrected chi connectivity index (χ1v) is 8.01. The molecule has 1 aliphatic rings. The predicted molar refractivity (Wildman–Crippen MR) is 87.2 cm³/mol.